The topological polar surface area (TPSA) is 67.1 Å². The molecule has 0 amide bonds. The molecule has 0 unspecified atom stereocenters. The van der Waals surface area contributed by atoms with E-state index in [1.165, 1.54) is 16.7 Å². The van der Waals surface area contributed by atoms with Gasteiger partial charge in [0, 0.05) is 13.1 Å². The van der Waals surface area contributed by atoms with E-state index in [2.05, 4.69) is 71.7 Å². The second-order valence-corrected chi connectivity index (χ2v) is 5.51. The number of nitrogens with one attached hydrogen (secondary N) is 2. The first-order valence-electron chi connectivity index (χ1n) is 8.09. The largest absolute Gasteiger partial charge is 0.357 e. The summed E-state index contributed by atoms with van der Waals surface area (Å²) in [6.07, 6.45) is 1.75. The Labute approximate surface area is 161 Å². The Morgan fingerprint density at radius 3 is 2.67 bits per heavy atom. The van der Waals surface area contributed by atoms with Gasteiger partial charge >= 0.3 is 0 Å². The summed E-state index contributed by atoms with van der Waals surface area (Å²) in [4.78, 5) is 4.67. The highest BCUT2D eigenvalue weighted by molar-refractivity contribution is 14.0. The summed E-state index contributed by atoms with van der Waals surface area (Å²) in [5, 5.41) is 14.7. The van der Waals surface area contributed by atoms with Gasteiger partial charge in [0.2, 0.25) is 0 Å². The maximum atomic E-state index is 4.67. The van der Waals surface area contributed by atoms with Gasteiger partial charge < -0.3 is 15.2 Å². The molecule has 0 bridgehead atoms. The molecule has 7 heteroatoms. The van der Waals surface area contributed by atoms with E-state index in [1.807, 2.05) is 4.57 Å². The molecule has 24 heavy (non-hydrogen) atoms. The van der Waals surface area contributed by atoms with Crippen LogP contribution >= 0.6 is 24.0 Å². The lowest BCUT2D eigenvalue weighted by molar-refractivity contribution is 0.670. The lowest BCUT2D eigenvalue weighted by Crippen LogP contribution is -2.37. The number of benzene rings is 1. The van der Waals surface area contributed by atoms with Gasteiger partial charge in [-0.1, -0.05) is 23.8 Å². The molecule has 132 valence electrons. The summed E-state index contributed by atoms with van der Waals surface area (Å²) in [6.45, 7) is 11.3. The van der Waals surface area contributed by atoms with E-state index in [4.69, 9.17) is 0 Å². The summed E-state index contributed by atoms with van der Waals surface area (Å²) in [5.41, 5.74) is 3.79. The van der Waals surface area contributed by atoms with Crippen molar-refractivity contribution in [1.82, 2.24) is 25.4 Å². The van der Waals surface area contributed by atoms with Crippen LogP contribution in [0.1, 0.15) is 36.4 Å². The predicted octanol–water partition coefficient (Wildman–Crippen LogP) is 2.79. The molecule has 0 spiro atoms. The zero-order valence-electron chi connectivity index (χ0n) is 14.8. The molecule has 2 N–H and O–H groups in total. The highest BCUT2D eigenvalue weighted by atomic mass is 127. The van der Waals surface area contributed by atoms with Crippen molar-refractivity contribution in [2.75, 3.05) is 6.54 Å². The number of halogens is 1. The number of aryl methyl sites for hydroxylation is 3. The number of hydrogen-bond acceptors (Lipinski definition) is 3. The Balaban J connectivity index is 0.00000288. The molecule has 1 aromatic heterocycles. The van der Waals surface area contributed by atoms with Crippen LogP contribution in [0.15, 0.2) is 29.5 Å². The van der Waals surface area contributed by atoms with Crippen molar-refractivity contribution in [3.05, 3.63) is 47.0 Å². The minimum Gasteiger partial charge on any atom is -0.357 e. The molecule has 2 rings (SSSR count). The standard InChI is InChI=1S/C17H26N6.HI/c1-5-18-17(20-11-16-22-21-12-23(16)6-2)19-10-15-8-7-13(3)9-14(15)4;/h7-9,12H,5-6,10-11H2,1-4H3,(H2,18,19,20);1H. The van der Waals surface area contributed by atoms with Crippen molar-refractivity contribution in [3.8, 4) is 0 Å². The average Bonchev–Trinajstić information content (AvgIpc) is 2.99. The smallest absolute Gasteiger partial charge is 0.191 e. The second-order valence-electron chi connectivity index (χ2n) is 5.51. The number of hydrogen-bond donors (Lipinski definition) is 2. The van der Waals surface area contributed by atoms with Crippen molar-refractivity contribution in [2.45, 2.75) is 47.3 Å². The number of aromatic nitrogens is 3. The molecule has 0 aliphatic carbocycles. The van der Waals surface area contributed by atoms with E-state index in [0.717, 1.165) is 24.9 Å². The van der Waals surface area contributed by atoms with Crippen molar-refractivity contribution in [1.29, 1.82) is 0 Å². The summed E-state index contributed by atoms with van der Waals surface area (Å²) in [7, 11) is 0. The molecular formula is C17H27IN6. The third kappa shape index (κ3) is 5.77. The van der Waals surface area contributed by atoms with E-state index in [1.54, 1.807) is 6.33 Å². The first-order chi connectivity index (χ1) is 11.1. The Bertz CT molecular complexity index is 665. The van der Waals surface area contributed by atoms with Gasteiger partial charge in [-0.05, 0) is 38.8 Å². The molecule has 0 fully saturated rings. The maximum absolute atomic E-state index is 4.67. The van der Waals surface area contributed by atoms with Crippen LogP contribution in [0.5, 0.6) is 0 Å². The second kappa shape index (κ2) is 10.3. The van der Waals surface area contributed by atoms with Gasteiger partial charge in [0.25, 0.3) is 0 Å². The molecule has 6 nitrogen and oxygen atoms in total. The van der Waals surface area contributed by atoms with Crippen LogP contribution in [-0.4, -0.2) is 27.3 Å². The molecule has 0 atom stereocenters. The minimum atomic E-state index is 0. The van der Waals surface area contributed by atoms with E-state index < -0.39 is 0 Å². The highest BCUT2D eigenvalue weighted by Crippen LogP contribution is 2.11. The van der Waals surface area contributed by atoms with Gasteiger partial charge in [-0.3, -0.25) is 0 Å². The molecule has 1 aromatic carbocycles. The van der Waals surface area contributed by atoms with E-state index in [0.29, 0.717) is 13.1 Å². The summed E-state index contributed by atoms with van der Waals surface area (Å²) >= 11 is 0. The van der Waals surface area contributed by atoms with Crippen molar-refractivity contribution < 1.29 is 0 Å². The summed E-state index contributed by atoms with van der Waals surface area (Å²) in [5.74, 6) is 1.70. The SMILES string of the molecule is CCNC(=NCc1ccc(C)cc1C)NCc1nncn1CC.I. The van der Waals surface area contributed by atoms with Gasteiger partial charge in [-0.15, -0.1) is 34.2 Å². The van der Waals surface area contributed by atoms with Gasteiger partial charge in [0.05, 0.1) is 13.1 Å². The van der Waals surface area contributed by atoms with Gasteiger partial charge in [0.1, 0.15) is 6.33 Å². The van der Waals surface area contributed by atoms with Crippen LogP contribution in [0, 0.1) is 13.8 Å². The molecular weight excluding hydrogens is 415 g/mol. The van der Waals surface area contributed by atoms with E-state index in [9.17, 15) is 0 Å². The fraction of sp³-hybridized carbons (Fsp3) is 0.471. The van der Waals surface area contributed by atoms with Crippen LogP contribution in [0.2, 0.25) is 0 Å². The Morgan fingerprint density at radius 1 is 1.21 bits per heavy atom. The quantitative estimate of drug-likeness (QED) is 0.410. The number of guanidine groups is 1. The third-order valence-corrected chi connectivity index (χ3v) is 3.70. The highest BCUT2D eigenvalue weighted by Gasteiger charge is 2.05. The molecule has 2 aromatic rings. The number of nitrogens with zero attached hydrogens (tertiary/aromatic N) is 4. The fourth-order valence-corrected chi connectivity index (χ4v) is 2.37. The first kappa shape index (κ1) is 20.4. The molecule has 0 saturated heterocycles. The molecule has 0 aliphatic rings. The number of rotatable bonds is 6. The van der Waals surface area contributed by atoms with Crippen LogP contribution in [0.4, 0.5) is 0 Å². The monoisotopic (exact) mass is 442 g/mol. The van der Waals surface area contributed by atoms with E-state index in [-0.39, 0.29) is 24.0 Å². The summed E-state index contributed by atoms with van der Waals surface area (Å²) in [6, 6.07) is 6.46. The van der Waals surface area contributed by atoms with Crippen LogP contribution in [0.3, 0.4) is 0 Å². The fourth-order valence-electron chi connectivity index (χ4n) is 2.37. The maximum Gasteiger partial charge on any atom is 0.191 e. The van der Waals surface area contributed by atoms with Crippen LogP contribution < -0.4 is 10.6 Å². The zero-order chi connectivity index (χ0) is 16.7. The minimum absolute atomic E-state index is 0. The Kier molecular flexibility index (Phi) is 8.73. The average molecular weight is 442 g/mol. The van der Waals surface area contributed by atoms with Gasteiger partial charge in [-0.25, -0.2) is 4.99 Å². The molecule has 0 aliphatic heterocycles. The van der Waals surface area contributed by atoms with Crippen molar-refractivity contribution in [3.63, 3.8) is 0 Å². The van der Waals surface area contributed by atoms with E-state index >= 15 is 0 Å². The van der Waals surface area contributed by atoms with Gasteiger partial charge in [-0.2, -0.15) is 0 Å². The predicted molar refractivity (Wildman–Crippen MR) is 109 cm³/mol. The Morgan fingerprint density at radius 2 is 2.00 bits per heavy atom. The first-order valence-corrected chi connectivity index (χ1v) is 8.09. The lowest BCUT2D eigenvalue weighted by Gasteiger charge is -2.12. The normalized spacial score (nSPS) is 11.1. The molecule has 0 radical (unpaired) electrons. The van der Waals surface area contributed by atoms with Gasteiger partial charge in [0.15, 0.2) is 11.8 Å². The van der Waals surface area contributed by atoms with Crippen LogP contribution in [0.25, 0.3) is 0 Å². The zero-order valence-corrected chi connectivity index (χ0v) is 17.2. The molecule has 0 saturated carbocycles. The third-order valence-electron chi connectivity index (χ3n) is 3.70. The lowest BCUT2D eigenvalue weighted by atomic mass is 10.1. The Hall–Kier alpha value is -1.64. The van der Waals surface area contributed by atoms with Crippen LogP contribution in [-0.2, 0) is 19.6 Å². The summed E-state index contributed by atoms with van der Waals surface area (Å²) < 4.78 is 2.01. The van der Waals surface area contributed by atoms with Crippen molar-refractivity contribution in [2.24, 2.45) is 4.99 Å². The molecule has 1 heterocycles. The number of aliphatic imine (C=N–C) groups is 1. The van der Waals surface area contributed by atoms with Crippen molar-refractivity contribution >= 4 is 29.9 Å².